The fourth-order valence-corrected chi connectivity index (χ4v) is 3.41. The first-order valence-corrected chi connectivity index (χ1v) is 10.1. The molecule has 0 unspecified atom stereocenters. The Morgan fingerprint density at radius 2 is 1.76 bits per heavy atom. The molecule has 2 N–H and O–H groups in total. The van der Waals surface area contributed by atoms with Crippen LogP contribution >= 0.6 is 0 Å². The summed E-state index contributed by atoms with van der Waals surface area (Å²) >= 11 is 0. The lowest BCUT2D eigenvalue weighted by atomic mass is 10.1. The van der Waals surface area contributed by atoms with E-state index < -0.39 is 0 Å². The summed E-state index contributed by atoms with van der Waals surface area (Å²) in [5.41, 5.74) is 1.09. The van der Waals surface area contributed by atoms with Gasteiger partial charge in [0, 0.05) is 51.7 Å². The van der Waals surface area contributed by atoms with Gasteiger partial charge in [-0.3, -0.25) is 4.90 Å². The van der Waals surface area contributed by atoms with E-state index in [1.54, 1.807) is 19.5 Å². The number of benzene rings is 1. The zero-order chi connectivity index (χ0) is 20.3. The van der Waals surface area contributed by atoms with Crippen LogP contribution in [0.2, 0.25) is 0 Å². The minimum atomic E-state index is -0.119. The van der Waals surface area contributed by atoms with Crippen molar-refractivity contribution in [3.63, 3.8) is 0 Å². The second-order valence-electron chi connectivity index (χ2n) is 6.98. The van der Waals surface area contributed by atoms with Crippen LogP contribution in [0.1, 0.15) is 12.0 Å². The molecule has 156 valence electrons. The second kappa shape index (κ2) is 11.2. The molecule has 2 heterocycles. The molecule has 29 heavy (non-hydrogen) atoms. The van der Waals surface area contributed by atoms with Crippen LogP contribution in [0.4, 0.5) is 10.7 Å². The maximum Gasteiger partial charge on any atom is 0.314 e. The van der Waals surface area contributed by atoms with Crippen molar-refractivity contribution in [3.05, 3.63) is 48.3 Å². The van der Waals surface area contributed by atoms with E-state index in [1.807, 2.05) is 30.3 Å². The molecule has 0 aliphatic carbocycles. The number of hydrogen-bond donors (Lipinski definition) is 2. The highest BCUT2D eigenvalue weighted by Gasteiger charge is 2.18. The van der Waals surface area contributed by atoms with Gasteiger partial charge in [0.05, 0.1) is 7.11 Å². The highest BCUT2D eigenvalue weighted by Crippen LogP contribution is 2.17. The van der Waals surface area contributed by atoms with Gasteiger partial charge in [-0.25, -0.2) is 14.8 Å². The summed E-state index contributed by atoms with van der Waals surface area (Å²) in [6.07, 6.45) is 5.23. The SMILES string of the molecule is COc1ccccc1CCNC(=O)NCCCN1CCN(c2ncccn2)CC1. The van der Waals surface area contributed by atoms with Gasteiger partial charge in [0.1, 0.15) is 5.75 Å². The number of amides is 2. The molecular formula is C21H30N6O2. The number of ether oxygens (including phenoxy) is 1. The molecule has 2 aromatic rings. The molecule has 2 amide bonds. The maximum absolute atomic E-state index is 12.0. The number of hydrogen-bond acceptors (Lipinski definition) is 6. The average molecular weight is 399 g/mol. The van der Waals surface area contributed by atoms with Crippen molar-refractivity contribution in [2.45, 2.75) is 12.8 Å². The molecule has 0 saturated carbocycles. The normalized spacial score (nSPS) is 14.4. The van der Waals surface area contributed by atoms with E-state index in [9.17, 15) is 4.79 Å². The molecule has 3 rings (SSSR count). The number of rotatable bonds is 9. The summed E-state index contributed by atoms with van der Waals surface area (Å²) in [6.45, 7) is 6.07. The van der Waals surface area contributed by atoms with Crippen molar-refractivity contribution in [3.8, 4) is 5.75 Å². The van der Waals surface area contributed by atoms with Gasteiger partial charge >= 0.3 is 6.03 Å². The number of nitrogens with one attached hydrogen (secondary N) is 2. The molecule has 8 heteroatoms. The fourth-order valence-electron chi connectivity index (χ4n) is 3.41. The van der Waals surface area contributed by atoms with Crippen molar-refractivity contribution in [2.75, 3.05) is 57.8 Å². The first-order chi connectivity index (χ1) is 14.3. The predicted octanol–water partition coefficient (Wildman–Crippen LogP) is 1.54. The molecule has 1 aromatic heterocycles. The molecule has 0 atom stereocenters. The quantitative estimate of drug-likeness (QED) is 0.624. The van der Waals surface area contributed by atoms with Gasteiger partial charge in [-0.15, -0.1) is 0 Å². The Labute approximate surface area is 172 Å². The van der Waals surface area contributed by atoms with Crippen LogP contribution in [0.25, 0.3) is 0 Å². The average Bonchev–Trinajstić information content (AvgIpc) is 2.78. The van der Waals surface area contributed by atoms with Crippen LogP contribution in [0.5, 0.6) is 5.75 Å². The number of carbonyl (C=O) groups is 1. The summed E-state index contributed by atoms with van der Waals surface area (Å²) in [5.74, 6) is 1.66. The first kappa shape index (κ1) is 20.9. The molecule has 0 bridgehead atoms. The number of carbonyl (C=O) groups excluding carboxylic acids is 1. The molecule has 8 nitrogen and oxygen atoms in total. The Kier molecular flexibility index (Phi) is 8.06. The summed E-state index contributed by atoms with van der Waals surface area (Å²) in [6, 6.07) is 9.58. The molecule has 0 spiro atoms. The molecule has 1 saturated heterocycles. The summed E-state index contributed by atoms with van der Waals surface area (Å²) < 4.78 is 5.33. The van der Waals surface area contributed by atoms with E-state index in [0.29, 0.717) is 13.1 Å². The highest BCUT2D eigenvalue weighted by molar-refractivity contribution is 5.73. The van der Waals surface area contributed by atoms with Crippen LogP contribution in [-0.2, 0) is 6.42 Å². The third-order valence-corrected chi connectivity index (χ3v) is 5.02. The number of piperazine rings is 1. The zero-order valence-corrected chi connectivity index (χ0v) is 17.0. The molecule has 1 aliphatic heterocycles. The van der Waals surface area contributed by atoms with Crippen LogP contribution < -0.4 is 20.3 Å². The summed E-state index contributed by atoms with van der Waals surface area (Å²) in [7, 11) is 1.66. The number of anilines is 1. The predicted molar refractivity (Wildman–Crippen MR) is 113 cm³/mol. The largest absolute Gasteiger partial charge is 0.496 e. The number of urea groups is 1. The number of aromatic nitrogens is 2. The van der Waals surface area contributed by atoms with E-state index >= 15 is 0 Å². The first-order valence-electron chi connectivity index (χ1n) is 10.1. The topological polar surface area (TPSA) is 82.6 Å². The van der Waals surface area contributed by atoms with Crippen LogP contribution in [0.3, 0.4) is 0 Å². The van der Waals surface area contributed by atoms with Gasteiger partial charge in [-0.1, -0.05) is 18.2 Å². The lowest BCUT2D eigenvalue weighted by Gasteiger charge is -2.34. The molecule has 0 radical (unpaired) electrons. The Balaban J connectivity index is 1.25. The molecule has 1 aromatic carbocycles. The van der Waals surface area contributed by atoms with Crippen LogP contribution in [0.15, 0.2) is 42.7 Å². The van der Waals surface area contributed by atoms with Crippen molar-refractivity contribution in [1.82, 2.24) is 25.5 Å². The number of para-hydroxylation sites is 1. The van der Waals surface area contributed by atoms with Crippen molar-refractivity contribution in [1.29, 1.82) is 0 Å². The third-order valence-electron chi connectivity index (χ3n) is 5.02. The van der Waals surface area contributed by atoms with Crippen LogP contribution in [-0.4, -0.2) is 73.8 Å². The molecular weight excluding hydrogens is 368 g/mol. The Morgan fingerprint density at radius 3 is 2.52 bits per heavy atom. The van der Waals surface area contributed by atoms with Gasteiger partial charge < -0.3 is 20.3 Å². The molecule has 1 fully saturated rings. The highest BCUT2D eigenvalue weighted by atomic mass is 16.5. The van der Waals surface area contributed by atoms with Crippen molar-refractivity contribution >= 4 is 12.0 Å². The van der Waals surface area contributed by atoms with Gasteiger partial charge in [-0.2, -0.15) is 0 Å². The number of methoxy groups -OCH3 is 1. The van der Waals surface area contributed by atoms with Gasteiger partial charge in [0.2, 0.25) is 5.95 Å². The lowest BCUT2D eigenvalue weighted by molar-refractivity contribution is 0.236. The maximum atomic E-state index is 12.0. The van der Waals surface area contributed by atoms with E-state index in [2.05, 4.69) is 30.4 Å². The number of nitrogens with zero attached hydrogens (tertiary/aromatic N) is 4. The van der Waals surface area contributed by atoms with Crippen LogP contribution in [0, 0.1) is 0 Å². The van der Waals surface area contributed by atoms with E-state index in [1.165, 1.54) is 0 Å². The fraction of sp³-hybridized carbons (Fsp3) is 0.476. The smallest absolute Gasteiger partial charge is 0.314 e. The monoisotopic (exact) mass is 398 g/mol. The van der Waals surface area contributed by atoms with Crippen molar-refractivity contribution < 1.29 is 9.53 Å². The molecule has 1 aliphatic rings. The summed E-state index contributed by atoms with van der Waals surface area (Å²) in [5, 5.41) is 5.84. The third kappa shape index (κ3) is 6.60. The lowest BCUT2D eigenvalue weighted by Crippen LogP contribution is -2.47. The van der Waals surface area contributed by atoms with E-state index in [-0.39, 0.29) is 6.03 Å². The standard InChI is InChI=1S/C21H30N6O2/c1-29-19-7-3-2-6-18(19)8-12-25-21(28)24-11-5-13-26-14-16-27(17-15-26)20-22-9-4-10-23-20/h2-4,6-7,9-10H,5,8,11-17H2,1H3,(H2,24,25,28). The van der Waals surface area contributed by atoms with E-state index in [4.69, 9.17) is 4.74 Å². The summed E-state index contributed by atoms with van der Waals surface area (Å²) in [4.78, 5) is 25.2. The van der Waals surface area contributed by atoms with Gasteiger partial charge in [0.25, 0.3) is 0 Å². The Hall–Kier alpha value is -2.87. The zero-order valence-electron chi connectivity index (χ0n) is 17.0. The van der Waals surface area contributed by atoms with Gasteiger partial charge in [-0.05, 0) is 37.1 Å². The van der Waals surface area contributed by atoms with Gasteiger partial charge in [0.15, 0.2) is 0 Å². The minimum Gasteiger partial charge on any atom is -0.496 e. The Morgan fingerprint density at radius 1 is 1.03 bits per heavy atom. The van der Waals surface area contributed by atoms with E-state index in [0.717, 1.165) is 62.8 Å². The van der Waals surface area contributed by atoms with Crippen molar-refractivity contribution in [2.24, 2.45) is 0 Å². The Bertz CT molecular complexity index is 750. The second-order valence-corrected chi connectivity index (χ2v) is 6.98. The minimum absolute atomic E-state index is 0.119.